The van der Waals surface area contributed by atoms with Gasteiger partial charge in [0.25, 0.3) is 0 Å². The molecule has 8 heteroatoms. The Kier molecular flexibility index (Phi) is 4.08. The zero-order valence-corrected chi connectivity index (χ0v) is 11.9. The first kappa shape index (κ1) is 14.8. The van der Waals surface area contributed by atoms with E-state index in [1.165, 1.54) is 11.7 Å². The lowest BCUT2D eigenvalue weighted by molar-refractivity contribution is -0.390. The zero-order chi connectivity index (χ0) is 15.6. The minimum atomic E-state index is -0.600. The average Bonchev–Trinajstić information content (AvgIpc) is 2.76. The van der Waals surface area contributed by atoms with E-state index < -0.39 is 4.92 Å². The summed E-state index contributed by atoms with van der Waals surface area (Å²) in [6.45, 7) is 1.51. The Labute approximate surface area is 120 Å². The van der Waals surface area contributed by atoms with Crippen LogP contribution in [0.4, 0.5) is 5.82 Å². The van der Waals surface area contributed by atoms with Crippen LogP contribution >= 0.6 is 0 Å². The van der Waals surface area contributed by atoms with E-state index in [-0.39, 0.29) is 18.3 Å². The van der Waals surface area contributed by atoms with E-state index in [4.69, 9.17) is 14.6 Å². The lowest BCUT2D eigenvalue weighted by atomic mass is 10.2. The van der Waals surface area contributed by atoms with Crippen molar-refractivity contribution in [3.8, 4) is 17.4 Å². The number of aliphatic hydroxyl groups excluding tert-OH is 1. The highest BCUT2D eigenvalue weighted by Gasteiger charge is 2.26. The summed E-state index contributed by atoms with van der Waals surface area (Å²) in [6.07, 6.45) is 0. The third kappa shape index (κ3) is 2.79. The first-order valence-corrected chi connectivity index (χ1v) is 6.11. The van der Waals surface area contributed by atoms with Gasteiger partial charge in [-0.1, -0.05) is 6.07 Å². The highest BCUT2D eigenvalue weighted by molar-refractivity contribution is 5.47. The molecule has 0 unspecified atom stereocenters. The SMILES string of the molecule is COc1cc(CO)ccc1Oc1c([N+](=O)[O-])nc(C)n1C. The number of ether oxygens (including phenoxy) is 2. The monoisotopic (exact) mass is 293 g/mol. The normalized spacial score (nSPS) is 10.5. The van der Waals surface area contributed by atoms with E-state index in [2.05, 4.69) is 4.98 Å². The van der Waals surface area contributed by atoms with Gasteiger partial charge < -0.3 is 24.7 Å². The molecule has 0 aliphatic carbocycles. The van der Waals surface area contributed by atoms with Crippen molar-refractivity contribution >= 4 is 5.82 Å². The molecule has 8 nitrogen and oxygen atoms in total. The van der Waals surface area contributed by atoms with Gasteiger partial charge in [-0.2, -0.15) is 0 Å². The lowest BCUT2D eigenvalue weighted by Gasteiger charge is -2.11. The Morgan fingerprint density at radius 1 is 1.43 bits per heavy atom. The van der Waals surface area contributed by atoms with Crippen molar-refractivity contribution in [2.75, 3.05) is 7.11 Å². The molecule has 1 aromatic heterocycles. The molecule has 2 aromatic rings. The summed E-state index contributed by atoms with van der Waals surface area (Å²) >= 11 is 0. The van der Waals surface area contributed by atoms with Gasteiger partial charge in [0.05, 0.1) is 13.7 Å². The topological polar surface area (TPSA) is 99.7 Å². The molecule has 0 bridgehead atoms. The molecule has 0 radical (unpaired) electrons. The minimum Gasteiger partial charge on any atom is -0.493 e. The van der Waals surface area contributed by atoms with Gasteiger partial charge in [-0.25, -0.2) is 0 Å². The van der Waals surface area contributed by atoms with Gasteiger partial charge in [0, 0.05) is 14.0 Å². The molecular weight excluding hydrogens is 278 g/mol. The molecule has 1 heterocycles. The number of imidazole rings is 1. The van der Waals surface area contributed by atoms with Gasteiger partial charge in [-0.3, -0.25) is 4.57 Å². The Bertz CT molecular complexity index is 681. The Morgan fingerprint density at radius 3 is 2.71 bits per heavy atom. The summed E-state index contributed by atoms with van der Waals surface area (Å²) in [7, 11) is 3.07. The highest BCUT2D eigenvalue weighted by atomic mass is 16.6. The summed E-state index contributed by atoms with van der Waals surface area (Å²) in [4.78, 5) is 14.3. The number of nitrogens with zero attached hydrogens (tertiary/aromatic N) is 3. The van der Waals surface area contributed by atoms with Gasteiger partial charge in [0.2, 0.25) is 5.82 Å². The molecule has 0 amide bonds. The number of aryl methyl sites for hydroxylation is 1. The second kappa shape index (κ2) is 5.80. The van der Waals surface area contributed by atoms with E-state index in [0.717, 1.165) is 0 Å². The lowest BCUT2D eigenvalue weighted by Crippen LogP contribution is -1.99. The predicted molar refractivity (Wildman–Crippen MR) is 73.6 cm³/mol. The summed E-state index contributed by atoms with van der Waals surface area (Å²) in [5.41, 5.74) is 0.648. The summed E-state index contributed by atoms with van der Waals surface area (Å²) < 4.78 is 12.3. The van der Waals surface area contributed by atoms with Crippen molar-refractivity contribution in [1.82, 2.24) is 9.55 Å². The van der Waals surface area contributed by atoms with Gasteiger partial charge in [0.15, 0.2) is 11.5 Å². The van der Waals surface area contributed by atoms with E-state index in [1.54, 1.807) is 32.2 Å². The first-order valence-electron chi connectivity index (χ1n) is 6.11. The number of aliphatic hydroxyl groups is 1. The number of nitro groups is 1. The molecule has 0 saturated carbocycles. The van der Waals surface area contributed by atoms with Crippen LogP contribution in [-0.4, -0.2) is 26.7 Å². The van der Waals surface area contributed by atoms with Crippen molar-refractivity contribution < 1.29 is 19.5 Å². The molecule has 1 N–H and O–H groups in total. The van der Waals surface area contributed by atoms with E-state index in [9.17, 15) is 10.1 Å². The third-order valence-corrected chi connectivity index (χ3v) is 3.04. The number of aromatic nitrogens is 2. The second-order valence-corrected chi connectivity index (χ2v) is 4.35. The minimum absolute atomic E-state index is 0.0209. The van der Waals surface area contributed by atoms with Crippen molar-refractivity contribution in [3.63, 3.8) is 0 Å². The van der Waals surface area contributed by atoms with Crippen LogP contribution in [0, 0.1) is 17.0 Å². The number of rotatable bonds is 5. The maximum Gasteiger partial charge on any atom is 0.427 e. The molecule has 21 heavy (non-hydrogen) atoms. The van der Waals surface area contributed by atoms with Crippen LogP contribution in [0.5, 0.6) is 17.4 Å². The Hall–Kier alpha value is -2.61. The fourth-order valence-electron chi connectivity index (χ4n) is 1.80. The fraction of sp³-hybridized carbons (Fsp3) is 0.308. The van der Waals surface area contributed by atoms with Gasteiger partial charge in [0.1, 0.15) is 0 Å². The van der Waals surface area contributed by atoms with Crippen molar-refractivity contribution in [3.05, 3.63) is 39.7 Å². The Balaban J connectivity index is 2.45. The Morgan fingerprint density at radius 2 is 2.14 bits per heavy atom. The molecule has 0 atom stereocenters. The smallest absolute Gasteiger partial charge is 0.427 e. The van der Waals surface area contributed by atoms with E-state index in [1.807, 2.05) is 0 Å². The van der Waals surface area contributed by atoms with Crippen LogP contribution in [-0.2, 0) is 13.7 Å². The van der Waals surface area contributed by atoms with Crippen molar-refractivity contribution in [1.29, 1.82) is 0 Å². The molecule has 0 saturated heterocycles. The molecule has 0 aliphatic heterocycles. The molecule has 112 valence electrons. The van der Waals surface area contributed by atoms with Gasteiger partial charge >= 0.3 is 11.7 Å². The largest absolute Gasteiger partial charge is 0.493 e. The predicted octanol–water partition coefficient (Wildman–Crippen LogP) is 1.93. The zero-order valence-electron chi connectivity index (χ0n) is 11.9. The van der Waals surface area contributed by atoms with Crippen LogP contribution in [0.15, 0.2) is 18.2 Å². The number of benzene rings is 1. The molecule has 1 aromatic carbocycles. The van der Waals surface area contributed by atoms with Crippen molar-refractivity contribution in [2.45, 2.75) is 13.5 Å². The average molecular weight is 293 g/mol. The van der Waals surface area contributed by atoms with E-state index >= 15 is 0 Å². The van der Waals surface area contributed by atoms with Gasteiger partial charge in [-0.15, -0.1) is 0 Å². The number of methoxy groups -OCH3 is 1. The highest BCUT2D eigenvalue weighted by Crippen LogP contribution is 2.36. The van der Waals surface area contributed by atoms with E-state index in [0.29, 0.717) is 22.9 Å². The summed E-state index contributed by atoms with van der Waals surface area (Å²) in [6, 6.07) is 4.83. The molecule has 0 aliphatic rings. The fourth-order valence-corrected chi connectivity index (χ4v) is 1.80. The van der Waals surface area contributed by atoms with Gasteiger partial charge in [-0.05, 0) is 27.6 Å². The molecular formula is C13H15N3O5. The third-order valence-electron chi connectivity index (χ3n) is 3.04. The molecule has 2 rings (SSSR count). The maximum absolute atomic E-state index is 11.0. The quantitative estimate of drug-likeness (QED) is 0.668. The summed E-state index contributed by atoms with van der Waals surface area (Å²) in [5, 5.41) is 20.1. The first-order chi connectivity index (χ1) is 9.97. The maximum atomic E-state index is 11.0. The number of hydrogen-bond donors (Lipinski definition) is 1. The number of hydrogen-bond acceptors (Lipinski definition) is 6. The molecule has 0 fully saturated rings. The van der Waals surface area contributed by atoms with Crippen LogP contribution in [0.1, 0.15) is 11.4 Å². The van der Waals surface area contributed by atoms with Crippen LogP contribution < -0.4 is 9.47 Å². The molecule has 0 spiro atoms. The van der Waals surface area contributed by atoms with Crippen molar-refractivity contribution in [2.24, 2.45) is 7.05 Å². The van der Waals surface area contributed by atoms with Crippen LogP contribution in [0.25, 0.3) is 0 Å². The second-order valence-electron chi connectivity index (χ2n) is 4.35. The standard InChI is InChI=1S/C13H15N3O5/c1-8-14-12(16(18)19)13(15(8)2)21-10-5-4-9(7-17)6-11(10)20-3/h4-6,17H,7H2,1-3H3. The van der Waals surface area contributed by atoms with Crippen LogP contribution in [0.3, 0.4) is 0 Å². The van der Waals surface area contributed by atoms with Crippen LogP contribution in [0.2, 0.25) is 0 Å². The summed E-state index contributed by atoms with van der Waals surface area (Å²) in [5.74, 6) is 0.800.